The molecule has 2 aromatic heterocycles. The van der Waals surface area contributed by atoms with Crippen molar-refractivity contribution in [3.8, 4) is 0 Å². The number of rotatable bonds is 6. The number of thioether (sulfide) groups is 1. The predicted molar refractivity (Wildman–Crippen MR) is 148 cm³/mol. The lowest BCUT2D eigenvalue weighted by molar-refractivity contribution is -0.122. The molecule has 1 saturated heterocycles. The summed E-state index contributed by atoms with van der Waals surface area (Å²) in [5.74, 6) is -2.36. The number of imide groups is 1. The van der Waals surface area contributed by atoms with Gasteiger partial charge in [-0.15, -0.1) is 0 Å². The minimum atomic E-state index is -3.89. The summed E-state index contributed by atoms with van der Waals surface area (Å²) < 4.78 is 29.9. The standard InChI is InChI=1S/C26H20N4O7S3/c27-40(35,36)16-10-8-14(9-11-16)28-18(31)13-29-25-22(39-26(29)34)19(17-7-4-12-37-17)20-21(38-25)24(33)30(23(20)32)15-5-2-1-3-6-15/h1-12,19-21H,13H2,(H,28,31)(H2,27,35,36). The van der Waals surface area contributed by atoms with E-state index in [4.69, 9.17) is 9.56 Å². The summed E-state index contributed by atoms with van der Waals surface area (Å²) in [5, 5.41) is 7.34. The molecule has 3 atom stereocenters. The zero-order chi connectivity index (χ0) is 28.2. The molecule has 3 amide bonds. The Labute approximate surface area is 235 Å². The van der Waals surface area contributed by atoms with Crippen LogP contribution in [0.3, 0.4) is 0 Å². The summed E-state index contributed by atoms with van der Waals surface area (Å²) in [6.07, 6.45) is 1.47. The predicted octanol–water partition coefficient (Wildman–Crippen LogP) is 2.58. The van der Waals surface area contributed by atoms with E-state index in [-0.39, 0.29) is 17.3 Å². The summed E-state index contributed by atoms with van der Waals surface area (Å²) >= 11 is 2.01. The van der Waals surface area contributed by atoms with Crippen molar-refractivity contribution in [2.45, 2.75) is 27.6 Å². The Morgan fingerprint density at radius 3 is 2.35 bits per heavy atom. The van der Waals surface area contributed by atoms with E-state index in [9.17, 15) is 27.6 Å². The van der Waals surface area contributed by atoms with Gasteiger partial charge in [-0.1, -0.05) is 41.3 Å². The second-order valence-corrected chi connectivity index (χ2v) is 12.8. The molecule has 3 N–H and O–H groups in total. The van der Waals surface area contributed by atoms with Crippen LogP contribution in [0.2, 0.25) is 0 Å². The molecule has 2 aromatic carbocycles. The van der Waals surface area contributed by atoms with Crippen LogP contribution >= 0.6 is 23.1 Å². The molecule has 40 heavy (non-hydrogen) atoms. The van der Waals surface area contributed by atoms with Crippen LogP contribution in [0.25, 0.3) is 0 Å². The Morgan fingerprint density at radius 2 is 1.70 bits per heavy atom. The number of anilines is 2. The molecule has 1 fully saturated rings. The van der Waals surface area contributed by atoms with Gasteiger partial charge in [-0.2, -0.15) is 0 Å². The highest BCUT2D eigenvalue weighted by molar-refractivity contribution is 8.00. The van der Waals surface area contributed by atoms with E-state index in [1.165, 1.54) is 40.0 Å². The molecule has 3 unspecified atom stereocenters. The number of nitrogens with zero attached hydrogens (tertiary/aromatic N) is 2. The van der Waals surface area contributed by atoms with Crippen molar-refractivity contribution in [1.82, 2.24) is 4.57 Å². The third-order valence-corrected chi connectivity index (χ3v) is 10.2. The first-order valence-electron chi connectivity index (χ1n) is 11.9. The molecule has 4 heterocycles. The molecule has 2 aliphatic rings. The molecular weight excluding hydrogens is 577 g/mol. The number of para-hydroxylation sites is 1. The molecule has 0 aliphatic carbocycles. The maximum absolute atomic E-state index is 13.7. The third-order valence-electron chi connectivity index (χ3n) is 6.68. The summed E-state index contributed by atoms with van der Waals surface area (Å²) in [6.45, 7) is -0.360. The van der Waals surface area contributed by atoms with Gasteiger partial charge < -0.3 is 9.73 Å². The molecule has 2 aliphatic heterocycles. The molecule has 6 rings (SSSR count). The van der Waals surface area contributed by atoms with Gasteiger partial charge >= 0.3 is 4.87 Å². The van der Waals surface area contributed by atoms with Gasteiger partial charge in [0.25, 0.3) is 0 Å². The van der Waals surface area contributed by atoms with Crippen molar-refractivity contribution in [3.63, 3.8) is 0 Å². The van der Waals surface area contributed by atoms with E-state index in [1.54, 1.807) is 42.5 Å². The van der Waals surface area contributed by atoms with Gasteiger partial charge in [0.05, 0.1) is 38.6 Å². The first kappa shape index (κ1) is 26.3. The van der Waals surface area contributed by atoms with Crippen LogP contribution in [0.4, 0.5) is 11.4 Å². The van der Waals surface area contributed by atoms with Crippen molar-refractivity contribution in [2.75, 3.05) is 10.2 Å². The largest absolute Gasteiger partial charge is 0.469 e. The minimum absolute atomic E-state index is 0.108. The number of carbonyl (C=O) groups excluding carboxylic acids is 3. The fourth-order valence-electron chi connectivity index (χ4n) is 4.93. The first-order valence-corrected chi connectivity index (χ1v) is 15.2. The van der Waals surface area contributed by atoms with Gasteiger partial charge in [0.1, 0.15) is 17.6 Å². The number of primary sulfonamides is 1. The zero-order valence-electron chi connectivity index (χ0n) is 20.4. The Balaban J connectivity index is 1.34. The Kier molecular flexibility index (Phi) is 6.49. The summed E-state index contributed by atoms with van der Waals surface area (Å²) in [7, 11) is -3.89. The number of thiazole rings is 1. The van der Waals surface area contributed by atoms with E-state index in [0.717, 1.165) is 23.1 Å². The maximum Gasteiger partial charge on any atom is 0.308 e. The fraction of sp³-hybridized carbons (Fsp3) is 0.154. The number of hydrogen-bond acceptors (Lipinski definition) is 9. The molecule has 4 aromatic rings. The van der Waals surface area contributed by atoms with E-state index < -0.39 is 43.8 Å². The second-order valence-electron chi connectivity index (χ2n) is 9.15. The van der Waals surface area contributed by atoms with Gasteiger partial charge in [0.15, 0.2) is 0 Å². The monoisotopic (exact) mass is 596 g/mol. The lowest BCUT2D eigenvalue weighted by Crippen LogP contribution is -2.32. The molecule has 0 saturated carbocycles. The van der Waals surface area contributed by atoms with Gasteiger partial charge in [-0.3, -0.25) is 23.7 Å². The summed E-state index contributed by atoms with van der Waals surface area (Å²) in [6, 6.07) is 17.3. The molecular formula is C26H20N4O7S3. The highest BCUT2D eigenvalue weighted by atomic mass is 32.2. The van der Waals surface area contributed by atoms with Crippen LogP contribution in [0.15, 0.2) is 92.1 Å². The topological polar surface area (TPSA) is 162 Å². The number of amides is 3. The number of benzene rings is 2. The average Bonchev–Trinajstić information content (AvgIpc) is 3.62. The van der Waals surface area contributed by atoms with E-state index in [0.29, 0.717) is 27.0 Å². The normalized spacial score (nSPS) is 20.3. The number of fused-ring (bicyclic) bond motifs is 2. The molecule has 0 bridgehead atoms. The number of carbonyl (C=O) groups is 3. The van der Waals surface area contributed by atoms with Crippen LogP contribution in [0.1, 0.15) is 16.6 Å². The van der Waals surface area contributed by atoms with Crippen molar-refractivity contribution >= 4 is 62.2 Å². The highest BCUT2D eigenvalue weighted by Crippen LogP contribution is 2.53. The Morgan fingerprint density at radius 1 is 0.975 bits per heavy atom. The van der Waals surface area contributed by atoms with Gasteiger partial charge in [-0.25, -0.2) is 18.5 Å². The van der Waals surface area contributed by atoms with Crippen molar-refractivity contribution < 1.29 is 27.2 Å². The van der Waals surface area contributed by atoms with Crippen molar-refractivity contribution in [3.05, 3.63) is 93.3 Å². The van der Waals surface area contributed by atoms with Crippen LogP contribution in [0.5, 0.6) is 0 Å². The first-order chi connectivity index (χ1) is 19.1. The van der Waals surface area contributed by atoms with Gasteiger partial charge in [0.2, 0.25) is 27.7 Å². The summed E-state index contributed by atoms with van der Waals surface area (Å²) in [4.78, 5) is 54.5. The van der Waals surface area contributed by atoms with Crippen LogP contribution in [0, 0.1) is 5.92 Å². The number of furan rings is 1. The molecule has 11 nitrogen and oxygen atoms in total. The number of nitrogens with one attached hydrogen (secondary N) is 1. The number of aromatic nitrogens is 1. The van der Waals surface area contributed by atoms with Gasteiger partial charge in [-0.05, 0) is 48.5 Å². The number of hydrogen-bond donors (Lipinski definition) is 2. The summed E-state index contributed by atoms with van der Waals surface area (Å²) in [5.41, 5.74) is 0.769. The number of nitrogens with two attached hydrogens (primary N) is 1. The quantitative estimate of drug-likeness (QED) is 0.321. The molecule has 0 spiro atoms. The number of sulfonamides is 1. The van der Waals surface area contributed by atoms with Crippen LogP contribution in [-0.2, 0) is 31.0 Å². The molecule has 14 heteroatoms. The molecule has 0 radical (unpaired) electrons. The average molecular weight is 597 g/mol. The van der Waals surface area contributed by atoms with E-state index >= 15 is 0 Å². The Bertz CT molecular complexity index is 1800. The maximum atomic E-state index is 13.7. The second kappa shape index (κ2) is 9.89. The van der Waals surface area contributed by atoms with Crippen LogP contribution < -0.4 is 20.2 Å². The fourth-order valence-corrected chi connectivity index (χ4v) is 8.20. The van der Waals surface area contributed by atoms with E-state index in [2.05, 4.69) is 5.32 Å². The molecule has 204 valence electrons. The minimum Gasteiger partial charge on any atom is -0.469 e. The Hall–Kier alpha value is -3.98. The SMILES string of the molecule is NS(=O)(=O)c1ccc(NC(=O)Cn2c3c(sc2=O)C(c2ccco2)C2C(=O)N(c4ccccc4)C(=O)C2S3)cc1. The van der Waals surface area contributed by atoms with E-state index in [1.807, 2.05) is 0 Å². The lowest BCUT2D eigenvalue weighted by Gasteiger charge is -2.29. The van der Waals surface area contributed by atoms with Crippen LogP contribution in [-0.4, -0.2) is 36.0 Å². The third kappa shape index (κ3) is 4.48. The lowest BCUT2D eigenvalue weighted by atomic mass is 9.87. The highest BCUT2D eigenvalue weighted by Gasteiger charge is 2.57. The zero-order valence-corrected chi connectivity index (χ0v) is 22.9. The smallest absolute Gasteiger partial charge is 0.308 e. The van der Waals surface area contributed by atoms with Gasteiger partial charge in [0, 0.05) is 5.69 Å². The van der Waals surface area contributed by atoms with Crippen molar-refractivity contribution in [2.24, 2.45) is 11.1 Å². The van der Waals surface area contributed by atoms with Crippen molar-refractivity contribution in [1.29, 1.82) is 0 Å².